The molecule has 9 heteroatoms. The van der Waals surface area contributed by atoms with Crippen molar-refractivity contribution in [3.63, 3.8) is 0 Å². The molecule has 8 nitrogen and oxygen atoms in total. The minimum atomic E-state index is -0.881. The third kappa shape index (κ3) is 4.55. The number of anilines is 1. The maximum Gasteiger partial charge on any atom is 0.308 e. The lowest BCUT2D eigenvalue weighted by Crippen LogP contribution is -2.37. The quantitative estimate of drug-likeness (QED) is 0.377. The molecular formula is C30H32FN5O3. The van der Waals surface area contributed by atoms with Crippen molar-refractivity contribution in [3.8, 4) is 11.3 Å². The first-order chi connectivity index (χ1) is 18.8. The fourth-order valence-corrected chi connectivity index (χ4v) is 5.97. The number of benzene rings is 2. The number of carboxylic acid groups (broad SMARTS) is 1. The topological polar surface area (TPSA) is 94.2 Å². The first-order valence-electron chi connectivity index (χ1n) is 13.5. The Kier molecular flexibility index (Phi) is 6.56. The number of hydrogen-bond acceptors (Lipinski definition) is 6. The predicted molar refractivity (Wildman–Crippen MR) is 146 cm³/mol. The lowest BCUT2D eigenvalue weighted by atomic mass is 9.93. The molecular weight excluding hydrogens is 497 g/mol. The largest absolute Gasteiger partial charge is 0.481 e. The first kappa shape index (κ1) is 25.5. The summed E-state index contributed by atoms with van der Waals surface area (Å²) in [5.41, 5.74) is 5.98. The molecule has 3 atom stereocenters. The summed E-state index contributed by atoms with van der Waals surface area (Å²) in [6.45, 7) is 5.80. The number of carbonyl (C=O) groups is 1. The number of rotatable bonds is 6. The lowest BCUT2D eigenvalue weighted by molar-refractivity contribution is -0.140. The number of halogens is 1. The Morgan fingerprint density at radius 1 is 1.15 bits per heavy atom. The van der Waals surface area contributed by atoms with Crippen molar-refractivity contribution in [2.24, 2.45) is 5.92 Å². The van der Waals surface area contributed by atoms with Crippen LogP contribution < -0.4 is 4.90 Å². The molecule has 2 aromatic carbocycles. The first-order valence-corrected chi connectivity index (χ1v) is 13.5. The Bertz CT molecular complexity index is 1550. The van der Waals surface area contributed by atoms with E-state index in [1.165, 1.54) is 17.2 Å². The highest BCUT2D eigenvalue weighted by Crippen LogP contribution is 2.35. The van der Waals surface area contributed by atoms with Gasteiger partial charge in [0.15, 0.2) is 11.9 Å². The Balaban J connectivity index is 1.29. The van der Waals surface area contributed by atoms with Crippen LogP contribution in [0.15, 0.2) is 54.6 Å². The van der Waals surface area contributed by atoms with Crippen LogP contribution in [-0.2, 0) is 17.6 Å². The fraction of sp³-hybridized carbons (Fsp3) is 0.367. The molecule has 202 valence electrons. The van der Waals surface area contributed by atoms with Gasteiger partial charge in [-0.15, -0.1) is 0 Å². The van der Waals surface area contributed by atoms with Gasteiger partial charge in [0.2, 0.25) is 0 Å². The molecule has 4 aromatic rings. The van der Waals surface area contributed by atoms with E-state index in [-0.39, 0.29) is 6.04 Å². The summed E-state index contributed by atoms with van der Waals surface area (Å²) in [7, 11) is 0. The fourth-order valence-electron chi connectivity index (χ4n) is 5.97. The van der Waals surface area contributed by atoms with Crippen LogP contribution in [0, 0.1) is 11.7 Å². The second-order valence-electron chi connectivity index (χ2n) is 10.5. The molecule has 6 rings (SSSR count). The zero-order valence-electron chi connectivity index (χ0n) is 22.1. The number of aliphatic hydroxyl groups is 1. The SMILES string of the molecule is CCc1cc(C(O)N2CCc3ccccc3[C@H]2C)nc2cc(-c3ccc(N4CC[C@H](C(=O)O)C4)cc3F)nn12. The Labute approximate surface area is 226 Å². The highest BCUT2D eigenvalue weighted by atomic mass is 19.1. The summed E-state index contributed by atoms with van der Waals surface area (Å²) in [6.07, 6.45) is 1.20. The van der Waals surface area contributed by atoms with Gasteiger partial charge in [-0.25, -0.2) is 13.9 Å². The number of nitrogens with zero attached hydrogens (tertiary/aromatic N) is 5. The monoisotopic (exact) mass is 529 g/mol. The Hall–Kier alpha value is -3.82. The van der Waals surface area contributed by atoms with Crippen LogP contribution in [0.4, 0.5) is 10.1 Å². The van der Waals surface area contributed by atoms with Gasteiger partial charge in [-0.3, -0.25) is 9.69 Å². The van der Waals surface area contributed by atoms with Crippen molar-refractivity contribution in [2.75, 3.05) is 24.5 Å². The summed E-state index contributed by atoms with van der Waals surface area (Å²) in [5.74, 6) is -1.67. The molecule has 39 heavy (non-hydrogen) atoms. The third-order valence-electron chi connectivity index (χ3n) is 8.23. The highest BCUT2D eigenvalue weighted by Gasteiger charge is 2.31. The molecule has 1 unspecified atom stereocenters. The van der Waals surface area contributed by atoms with Crippen LogP contribution in [0.5, 0.6) is 0 Å². The number of aliphatic carboxylic acids is 1. The Morgan fingerprint density at radius 3 is 2.72 bits per heavy atom. The van der Waals surface area contributed by atoms with E-state index in [1.54, 1.807) is 16.6 Å². The van der Waals surface area contributed by atoms with Crippen LogP contribution in [0.2, 0.25) is 0 Å². The summed E-state index contributed by atoms with van der Waals surface area (Å²) in [5, 5.41) is 25.4. The van der Waals surface area contributed by atoms with Crippen molar-refractivity contribution in [1.29, 1.82) is 0 Å². The van der Waals surface area contributed by atoms with E-state index in [0.29, 0.717) is 54.2 Å². The van der Waals surface area contributed by atoms with Gasteiger partial charge in [0.05, 0.1) is 17.3 Å². The third-order valence-corrected chi connectivity index (χ3v) is 8.23. The van der Waals surface area contributed by atoms with E-state index in [4.69, 9.17) is 4.98 Å². The molecule has 0 spiro atoms. The van der Waals surface area contributed by atoms with Crippen molar-refractivity contribution in [3.05, 3.63) is 82.9 Å². The van der Waals surface area contributed by atoms with Crippen molar-refractivity contribution in [2.45, 2.75) is 45.4 Å². The van der Waals surface area contributed by atoms with Crippen LogP contribution in [0.1, 0.15) is 55.1 Å². The van der Waals surface area contributed by atoms with Crippen LogP contribution in [-0.4, -0.2) is 55.3 Å². The van der Waals surface area contributed by atoms with Crippen molar-refractivity contribution >= 4 is 17.3 Å². The van der Waals surface area contributed by atoms with Gasteiger partial charge in [0.1, 0.15) is 5.82 Å². The number of carboxylic acids is 1. The molecule has 0 saturated carbocycles. The Morgan fingerprint density at radius 2 is 1.97 bits per heavy atom. The average molecular weight is 530 g/mol. The number of aryl methyl sites for hydroxylation is 1. The maximum absolute atomic E-state index is 15.3. The second-order valence-corrected chi connectivity index (χ2v) is 10.5. The molecule has 0 aliphatic carbocycles. The van der Waals surface area contributed by atoms with Gasteiger partial charge in [-0.1, -0.05) is 31.2 Å². The van der Waals surface area contributed by atoms with Crippen molar-refractivity contribution in [1.82, 2.24) is 19.5 Å². The lowest BCUT2D eigenvalue weighted by Gasteiger charge is -2.38. The second kappa shape index (κ2) is 10.1. The van der Waals surface area contributed by atoms with E-state index in [9.17, 15) is 15.0 Å². The smallest absolute Gasteiger partial charge is 0.308 e. The van der Waals surface area contributed by atoms with E-state index in [1.807, 2.05) is 30.0 Å². The van der Waals surface area contributed by atoms with Gasteiger partial charge in [0, 0.05) is 48.7 Å². The minimum absolute atomic E-state index is 0.0440. The van der Waals surface area contributed by atoms with E-state index in [2.05, 4.69) is 35.1 Å². The number of aliphatic hydroxyl groups excluding tert-OH is 1. The predicted octanol–water partition coefficient (Wildman–Crippen LogP) is 4.62. The minimum Gasteiger partial charge on any atom is -0.481 e. The summed E-state index contributed by atoms with van der Waals surface area (Å²) in [4.78, 5) is 20.0. The summed E-state index contributed by atoms with van der Waals surface area (Å²) < 4.78 is 17.0. The van der Waals surface area contributed by atoms with Gasteiger partial charge < -0.3 is 15.1 Å². The molecule has 2 aliphatic rings. The number of aromatic nitrogens is 3. The molecule has 0 bridgehead atoms. The average Bonchev–Trinajstić information content (AvgIpc) is 3.60. The number of hydrogen-bond donors (Lipinski definition) is 2. The maximum atomic E-state index is 15.3. The standard InChI is InChI=1S/C30H32FN5O3/c1-3-21-15-27(29(37)35-13-11-19-6-4-5-7-23(19)18(35)2)32-28-16-26(33-36(21)28)24-9-8-22(14-25(24)31)34-12-10-20(17-34)30(38)39/h4-9,14-16,18,20,29,37H,3,10-13,17H2,1-2H3,(H,38,39)/t18-,20+,29?/m1/s1. The molecule has 4 heterocycles. The zero-order valence-corrected chi connectivity index (χ0v) is 22.1. The van der Waals surface area contributed by atoms with E-state index < -0.39 is 23.9 Å². The van der Waals surface area contributed by atoms with Gasteiger partial charge in [0.25, 0.3) is 0 Å². The van der Waals surface area contributed by atoms with Crippen LogP contribution >= 0.6 is 0 Å². The molecule has 2 aliphatic heterocycles. The molecule has 0 amide bonds. The van der Waals surface area contributed by atoms with Crippen molar-refractivity contribution < 1.29 is 19.4 Å². The number of fused-ring (bicyclic) bond motifs is 2. The van der Waals surface area contributed by atoms with E-state index in [0.717, 1.165) is 18.7 Å². The highest BCUT2D eigenvalue weighted by molar-refractivity contribution is 5.73. The molecule has 2 aromatic heterocycles. The summed E-state index contributed by atoms with van der Waals surface area (Å²) >= 11 is 0. The summed E-state index contributed by atoms with van der Waals surface area (Å²) in [6, 6.07) is 17.0. The zero-order chi connectivity index (χ0) is 27.3. The molecule has 2 N–H and O–H groups in total. The van der Waals surface area contributed by atoms with Crippen LogP contribution in [0.25, 0.3) is 16.9 Å². The van der Waals surface area contributed by atoms with Gasteiger partial charge >= 0.3 is 5.97 Å². The van der Waals surface area contributed by atoms with E-state index >= 15 is 4.39 Å². The molecule has 0 radical (unpaired) electrons. The normalized spacial score (nSPS) is 20.4. The molecule has 1 fully saturated rings. The van der Waals surface area contributed by atoms with Gasteiger partial charge in [-0.05, 0) is 61.6 Å². The van der Waals surface area contributed by atoms with Crippen LogP contribution in [0.3, 0.4) is 0 Å². The molecule has 1 saturated heterocycles. The van der Waals surface area contributed by atoms with Gasteiger partial charge in [-0.2, -0.15) is 5.10 Å².